The fraction of sp³-hybridized carbons (Fsp3) is 0.650. The maximum absolute atomic E-state index is 11.8. The molecule has 1 fully saturated rings. The van der Waals surface area contributed by atoms with Gasteiger partial charge in [0, 0.05) is 11.4 Å². The van der Waals surface area contributed by atoms with Crippen LogP contribution in [0.25, 0.3) is 0 Å². The number of benzene rings is 1. The van der Waals surface area contributed by atoms with Gasteiger partial charge in [0.15, 0.2) is 0 Å². The van der Waals surface area contributed by atoms with Gasteiger partial charge in [-0.25, -0.2) is 0 Å². The van der Waals surface area contributed by atoms with E-state index in [1.54, 1.807) is 0 Å². The molecule has 0 N–H and O–H groups in total. The Morgan fingerprint density at radius 1 is 1.26 bits per heavy atom. The van der Waals surface area contributed by atoms with E-state index in [1.807, 2.05) is 6.92 Å². The molecule has 3 rings (SSSR count). The van der Waals surface area contributed by atoms with Gasteiger partial charge >= 0.3 is 18.9 Å². The minimum absolute atomic E-state index is 0. The molecule has 0 saturated heterocycles. The smallest absolute Gasteiger partial charge is 0.550 e. The molecule has 0 radical (unpaired) electrons. The molecular formula is C20H27LiO2. The van der Waals surface area contributed by atoms with Crippen molar-refractivity contribution in [1.29, 1.82) is 0 Å². The van der Waals surface area contributed by atoms with Gasteiger partial charge in [0.05, 0.1) is 0 Å². The van der Waals surface area contributed by atoms with Crippen LogP contribution < -0.4 is 24.0 Å². The fourth-order valence-corrected chi connectivity index (χ4v) is 5.11. The molecule has 0 spiro atoms. The van der Waals surface area contributed by atoms with E-state index in [2.05, 4.69) is 39.0 Å². The van der Waals surface area contributed by atoms with Gasteiger partial charge in [-0.3, -0.25) is 0 Å². The summed E-state index contributed by atoms with van der Waals surface area (Å²) >= 11 is 0. The van der Waals surface area contributed by atoms with Crippen LogP contribution in [0.3, 0.4) is 0 Å². The molecule has 0 heterocycles. The van der Waals surface area contributed by atoms with Crippen molar-refractivity contribution in [2.45, 2.75) is 71.1 Å². The first kappa shape index (κ1) is 18.6. The van der Waals surface area contributed by atoms with E-state index < -0.39 is 11.4 Å². The Bertz CT molecular complexity index is 610. The van der Waals surface area contributed by atoms with Gasteiger partial charge in [0.1, 0.15) is 0 Å². The van der Waals surface area contributed by atoms with Crippen LogP contribution in [0.4, 0.5) is 0 Å². The van der Waals surface area contributed by atoms with Gasteiger partial charge in [0.2, 0.25) is 0 Å². The Balaban J connectivity index is 0.00000192. The monoisotopic (exact) mass is 306 g/mol. The number of hydrogen-bond donors (Lipinski definition) is 0. The van der Waals surface area contributed by atoms with Crippen LogP contribution in [0.5, 0.6) is 0 Å². The van der Waals surface area contributed by atoms with Crippen molar-refractivity contribution in [3.05, 3.63) is 34.9 Å². The molecule has 1 saturated carbocycles. The molecule has 120 valence electrons. The van der Waals surface area contributed by atoms with Crippen molar-refractivity contribution in [1.82, 2.24) is 0 Å². The number of aliphatic carboxylic acids is 1. The first-order valence-corrected chi connectivity index (χ1v) is 8.64. The van der Waals surface area contributed by atoms with Crippen molar-refractivity contribution in [3.8, 4) is 0 Å². The summed E-state index contributed by atoms with van der Waals surface area (Å²) in [5.74, 6) is -0.127. The predicted octanol–water partition coefficient (Wildman–Crippen LogP) is 0.574. The molecule has 3 heteroatoms. The SMILES string of the molecule is CC(C)c1ccc2c(c1)CC[C@H]1[C@@](C)(C(=O)[O-])CCC[C@]21C.[Li+]. The number of hydrogen-bond acceptors (Lipinski definition) is 2. The third kappa shape index (κ3) is 2.79. The molecular weight excluding hydrogens is 279 g/mol. The third-order valence-corrected chi connectivity index (χ3v) is 6.51. The van der Waals surface area contributed by atoms with Crippen molar-refractivity contribution < 1.29 is 28.8 Å². The van der Waals surface area contributed by atoms with E-state index in [0.717, 1.165) is 32.1 Å². The molecule has 2 aliphatic carbocycles. The molecule has 0 unspecified atom stereocenters. The predicted molar refractivity (Wildman–Crippen MR) is 86.7 cm³/mol. The third-order valence-electron chi connectivity index (χ3n) is 6.51. The van der Waals surface area contributed by atoms with Gasteiger partial charge in [0.25, 0.3) is 0 Å². The normalized spacial score (nSPS) is 32.7. The van der Waals surface area contributed by atoms with E-state index in [4.69, 9.17) is 0 Å². The number of rotatable bonds is 2. The molecule has 3 atom stereocenters. The molecule has 23 heavy (non-hydrogen) atoms. The molecule has 1 aromatic carbocycles. The quantitative estimate of drug-likeness (QED) is 0.750. The average molecular weight is 306 g/mol. The Kier molecular flexibility index (Phi) is 5.10. The van der Waals surface area contributed by atoms with Crippen molar-refractivity contribution in [2.75, 3.05) is 0 Å². The summed E-state index contributed by atoms with van der Waals surface area (Å²) in [6.45, 7) is 8.65. The molecule has 0 amide bonds. The van der Waals surface area contributed by atoms with Crippen LogP contribution in [0.2, 0.25) is 0 Å². The average Bonchev–Trinajstić information content (AvgIpc) is 2.46. The minimum atomic E-state index is -0.856. The summed E-state index contributed by atoms with van der Waals surface area (Å²) in [5.41, 5.74) is 3.52. The topological polar surface area (TPSA) is 40.1 Å². The summed E-state index contributed by atoms with van der Waals surface area (Å²) in [7, 11) is 0. The van der Waals surface area contributed by atoms with Gasteiger partial charge in [-0.2, -0.15) is 0 Å². The van der Waals surface area contributed by atoms with Crippen LogP contribution in [0, 0.1) is 11.3 Å². The van der Waals surface area contributed by atoms with Crippen molar-refractivity contribution >= 4 is 5.97 Å². The van der Waals surface area contributed by atoms with Gasteiger partial charge in [-0.05, 0) is 59.6 Å². The molecule has 0 bridgehead atoms. The van der Waals surface area contributed by atoms with Crippen LogP contribution in [0.1, 0.15) is 76.0 Å². The zero-order valence-electron chi connectivity index (χ0n) is 15.2. The second-order valence-electron chi connectivity index (χ2n) is 8.14. The van der Waals surface area contributed by atoms with E-state index in [-0.39, 0.29) is 30.2 Å². The van der Waals surface area contributed by atoms with Crippen LogP contribution in [-0.2, 0) is 16.6 Å². The number of carboxylic acid groups (broad SMARTS) is 1. The first-order valence-electron chi connectivity index (χ1n) is 8.64. The molecule has 1 aromatic rings. The van der Waals surface area contributed by atoms with Crippen molar-refractivity contribution in [3.63, 3.8) is 0 Å². The number of fused-ring (bicyclic) bond motifs is 3. The van der Waals surface area contributed by atoms with Crippen LogP contribution >= 0.6 is 0 Å². The molecule has 2 nitrogen and oxygen atoms in total. The number of carbonyl (C=O) groups excluding carboxylic acids is 1. The second kappa shape index (κ2) is 6.30. The number of aryl methyl sites for hydroxylation is 1. The molecule has 0 aliphatic heterocycles. The zero-order valence-corrected chi connectivity index (χ0v) is 15.2. The summed E-state index contributed by atoms with van der Waals surface area (Å²) < 4.78 is 0. The van der Waals surface area contributed by atoms with Gasteiger partial charge in [-0.15, -0.1) is 0 Å². The second-order valence-corrected chi connectivity index (χ2v) is 8.14. The van der Waals surface area contributed by atoms with E-state index in [1.165, 1.54) is 16.7 Å². The van der Waals surface area contributed by atoms with Gasteiger partial charge in [-0.1, -0.05) is 52.3 Å². The van der Waals surface area contributed by atoms with Gasteiger partial charge < -0.3 is 9.90 Å². The van der Waals surface area contributed by atoms with E-state index in [0.29, 0.717) is 5.92 Å². The number of carboxylic acids is 1. The Morgan fingerprint density at radius 3 is 2.57 bits per heavy atom. The summed E-state index contributed by atoms with van der Waals surface area (Å²) in [6, 6.07) is 6.87. The Labute approximate surface area is 152 Å². The molecule has 0 aromatic heterocycles. The number of carbonyl (C=O) groups is 1. The zero-order chi connectivity index (χ0) is 16.1. The summed E-state index contributed by atoms with van der Waals surface area (Å²) in [6.07, 6.45) is 4.79. The van der Waals surface area contributed by atoms with Crippen LogP contribution in [0.15, 0.2) is 18.2 Å². The largest absolute Gasteiger partial charge is 1.00 e. The summed E-state index contributed by atoms with van der Waals surface area (Å²) in [4.78, 5) is 11.8. The van der Waals surface area contributed by atoms with E-state index >= 15 is 0 Å². The minimum Gasteiger partial charge on any atom is -0.550 e. The van der Waals surface area contributed by atoms with E-state index in [9.17, 15) is 9.90 Å². The maximum Gasteiger partial charge on any atom is 1.00 e. The maximum atomic E-state index is 11.8. The summed E-state index contributed by atoms with van der Waals surface area (Å²) in [5, 5.41) is 11.8. The molecule has 2 aliphatic rings. The first-order chi connectivity index (χ1) is 10.3. The fourth-order valence-electron chi connectivity index (χ4n) is 5.11. The Morgan fingerprint density at radius 2 is 1.96 bits per heavy atom. The standard InChI is InChI=1S/C20H28O2.Li/c1-13(2)14-6-8-16-15(12-14)7-9-17-19(16,3)10-5-11-20(17,4)18(21)22;/h6,8,12-13,17H,5,7,9-11H2,1-4H3,(H,21,22);/q;+1/p-1/t17-,19-,20+;/m1./s1. The van der Waals surface area contributed by atoms with Crippen molar-refractivity contribution in [2.24, 2.45) is 11.3 Å². The van der Waals surface area contributed by atoms with Crippen LogP contribution in [-0.4, -0.2) is 5.97 Å². The Hall–Kier alpha value is -0.713.